The van der Waals surface area contributed by atoms with Crippen molar-refractivity contribution in [3.8, 4) is 0 Å². The zero-order valence-electron chi connectivity index (χ0n) is 5.00. The normalized spacial score (nSPS) is 12.4. The van der Waals surface area contributed by atoms with Crippen LogP contribution in [-0.2, 0) is 0 Å². The number of allylic oxidation sites excluding steroid dienone is 3. The fourth-order valence-corrected chi connectivity index (χ4v) is 0.426. The summed E-state index contributed by atoms with van der Waals surface area (Å²) in [4.78, 5) is 0. The van der Waals surface area contributed by atoms with E-state index in [0.29, 0.717) is 0 Å². The second kappa shape index (κ2) is 3.50. The molecule has 0 spiro atoms. The van der Waals surface area contributed by atoms with E-state index in [0.717, 1.165) is 5.57 Å². The first-order valence-corrected chi connectivity index (χ1v) is 3.47. The lowest BCUT2D eigenvalue weighted by Gasteiger charge is -2.01. The van der Waals surface area contributed by atoms with Crippen molar-refractivity contribution in [1.29, 1.82) is 0 Å². The standard InChI is InChI=1S/C6H7Cl3/c1-5(2)3-4-6(7,8)9/h3-4H,1H2,2H3. The van der Waals surface area contributed by atoms with E-state index in [1.807, 2.05) is 6.92 Å². The van der Waals surface area contributed by atoms with Gasteiger partial charge in [0.15, 0.2) is 0 Å². The topological polar surface area (TPSA) is 0 Å². The van der Waals surface area contributed by atoms with Crippen LogP contribution in [0, 0.1) is 0 Å². The van der Waals surface area contributed by atoms with Crippen LogP contribution in [-0.4, -0.2) is 3.79 Å². The number of rotatable bonds is 1. The van der Waals surface area contributed by atoms with Gasteiger partial charge in [-0.1, -0.05) is 53.0 Å². The highest BCUT2D eigenvalue weighted by atomic mass is 35.6. The van der Waals surface area contributed by atoms with E-state index in [4.69, 9.17) is 34.8 Å². The van der Waals surface area contributed by atoms with Crippen molar-refractivity contribution >= 4 is 34.8 Å². The lowest BCUT2D eigenvalue weighted by molar-refractivity contribution is 1.43. The van der Waals surface area contributed by atoms with E-state index in [-0.39, 0.29) is 0 Å². The molecule has 0 amide bonds. The predicted molar refractivity (Wildman–Crippen MR) is 44.2 cm³/mol. The molecule has 0 fully saturated rings. The van der Waals surface area contributed by atoms with Crippen molar-refractivity contribution in [2.45, 2.75) is 10.7 Å². The van der Waals surface area contributed by atoms with Crippen LogP contribution < -0.4 is 0 Å². The van der Waals surface area contributed by atoms with Gasteiger partial charge in [-0.05, 0) is 13.0 Å². The van der Waals surface area contributed by atoms with E-state index in [1.54, 1.807) is 6.08 Å². The number of halogens is 3. The molecule has 0 unspecified atom stereocenters. The Bertz CT molecular complexity index is 130. The van der Waals surface area contributed by atoms with Gasteiger partial charge in [0, 0.05) is 0 Å². The fraction of sp³-hybridized carbons (Fsp3) is 0.333. The molecule has 9 heavy (non-hydrogen) atoms. The molecule has 0 saturated carbocycles. The maximum absolute atomic E-state index is 5.38. The van der Waals surface area contributed by atoms with Crippen LogP contribution in [0.2, 0.25) is 0 Å². The van der Waals surface area contributed by atoms with Gasteiger partial charge in [-0.25, -0.2) is 0 Å². The van der Waals surface area contributed by atoms with Gasteiger partial charge in [-0.15, -0.1) is 0 Å². The van der Waals surface area contributed by atoms with E-state index in [9.17, 15) is 0 Å². The average Bonchev–Trinajstić information content (AvgIpc) is 1.59. The molecule has 0 aromatic rings. The zero-order valence-corrected chi connectivity index (χ0v) is 7.26. The third-order valence-electron chi connectivity index (χ3n) is 0.557. The number of alkyl halides is 3. The highest BCUT2D eigenvalue weighted by Crippen LogP contribution is 2.27. The first-order chi connectivity index (χ1) is 3.92. The largest absolute Gasteiger partial charge is 0.209 e. The second-order valence-electron chi connectivity index (χ2n) is 1.72. The minimum atomic E-state index is -1.29. The van der Waals surface area contributed by atoms with E-state index in [1.165, 1.54) is 6.08 Å². The van der Waals surface area contributed by atoms with E-state index >= 15 is 0 Å². The minimum Gasteiger partial charge on any atom is -0.0961 e. The summed E-state index contributed by atoms with van der Waals surface area (Å²) < 4.78 is -1.29. The Morgan fingerprint density at radius 2 is 1.89 bits per heavy atom. The maximum Gasteiger partial charge on any atom is 0.209 e. The van der Waals surface area contributed by atoms with Crippen LogP contribution in [0.1, 0.15) is 6.92 Å². The van der Waals surface area contributed by atoms with Crippen molar-refractivity contribution in [1.82, 2.24) is 0 Å². The molecule has 52 valence electrons. The number of hydrogen-bond donors (Lipinski definition) is 0. The lowest BCUT2D eigenvalue weighted by atomic mass is 10.3. The minimum absolute atomic E-state index is 0.862. The van der Waals surface area contributed by atoms with Crippen LogP contribution in [0.4, 0.5) is 0 Å². The average molecular weight is 185 g/mol. The Kier molecular flexibility index (Phi) is 3.64. The Balaban J connectivity index is 3.86. The molecule has 0 aromatic heterocycles. The Labute approximate surface area is 70.1 Å². The summed E-state index contributed by atoms with van der Waals surface area (Å²) in [7, 11) is 0. The summed E-state index contributed by atoms with van der Waals surface area (Å²) in [5, 5.41) is 0. The highest BCUT2D eigenvalue weighted by Gasteiger charge is 2.12. The molecule has 0 aliphatic carbocycles. The smallest absolute Gasteiger partial charge is 0.0961 e. The van der Waals surface area contributed by atoms with E-state index < -0.39 is 3.79 Å². The molecule has 0 aromatic carbocycles. The second-order valence-corrected chi connectivity index (χ2v) is 4.09. The molecule has 0 radical (unpaired) electrons. The summed E-state index contributed by atoms with van der Waals surface area (Å²) in [6.07, 6.45) is 3.12. The summed E-state index contributed by atoms with van der Waals surface area (Å²) in [5.41, 5.74) is 0.862. The fourth-order valence-electron chi connectivity index (χ4n) is 0.237. The SMILES string of the molecule is C=C(C)C=CC(Cl)(Cl)Cl. The molecule has 0 saturated heterocycles. The summed E-state index contributed by atoms with van der Waals surface area (Å²) in [6, 6.07) is 0. The molecule has 0 nitrogen and oxygen atoms in total. The molecule has 0 aliphatic heterocycles. The summed E-state index contributed by atoms with van der Waals surface area (Å²) in [6.45, 7) is 5.42. The zero-order chi connectivity index (χ0) is 7.49. The maximum atomic E-state index is 5.38. The third-order valence-corrected chi connectivity index (χ3v) is 0.935. The molecule has 0 aliphatic rings. The highest BCUT2D eigenvalue weighted by molar-refractivity contribution is 6.68. The summed E-state index contributed by atoms with van der Waals surface area (Å²) >= 11 is 16.1. The van der Waals surface area contributed by atoms with Crippen molar-refractivity contribution in [2.75, 3.05) is 0 Å². The molecule has 0 atom stereocenters. The van der Waals surface area contributed by atoms with Gasteiger partial charge in [-0.3, -0.25) is 0 Å². The van der Waals surface area contributed by atoms with E-state index in [2.05, 4.69) is 6.58 Å². The molecule has 3 heteroatoms. The molecule has 0 bridgehead atoms. The molecular weight excluding hydrogens is 178 g/mol. The number of hydrogen-bond acceptors (Lipinski definition) is 0. The quantitative estimate of drug-likeness (QED) is 0.433. The van der Waals surface area contributed by atoms with Gasteiger partial charge < -0.3 is 0 Å². The van der Waals surface area contributed by atoms with Crippen LogP contribution in [0.25, 0.3) is 0 Å². The van der Waals surface area contributed by atoms with Gasteiger partial charge in [0.2, 0.25) is 3.79 Å². The molecule has 0 heterocycles. The summed E-state index contributed by atoms with van der Waals surface area (Å²) in [5.74, 6) is 0. The van der Waals surface area contributed by atoms with Gasteiger partial charge in [0.1, 0.15) is 0 Å². The first-order valence-electron chi connectivity index (χ1n) is 2.33. The van der Waals surface area contributed by atoms with Crippen molar-refractivity contribution in [3.63, 3.8) is 0 Å². The van der Waals surface area contributed by atoms with Gasteiger partial charge in [0.05, 0.1) is 0 Å². The van der Waals surface area contributed by atoms with Crippen molar-refractivity contribution in [3.05, 3.63) is 24.3 Å². The van der Waals surface area contributed by atoms with Crippen LogP contribution in [0.15, 0.2) is 24.3 Å². The van der Waals surface area contributed by atoms with Crippen LogP contribution >= 0.6 is 34.8 Å². The monoisotopic (exact) mass is 184 g/mol. The molecule has 0 N–H and O–H groups in total. The third kappa shape index (κ3) is 8.35. The Morgan fingerprint density at radius 3 is 2.00 bits per heavy atom. The first kappa shape index (κ1) is 9.35. The predicted octanol–water partition coefficient (Wildman–Crippen LogP) is 3.49. The van der Waals surface area contributed by atoms with Crippen molar-refractivity contribution in [2.24, 2.45) is 0 Å². The van der Waals surface area contributed by atoms with Crippen LogP contribution in [0.5, 0.6) is 0 Å². The van der Waals surface area contributed by atoms with Gasteiger partial charge in [0.25, 0.3) is 0 Å². The van der Waals surface area contributed by atoms with Crippen molar-refractivity contribution < 1.29 is 0 Å². The molecule has 0 rings (SSSR count). The van der Waals surface area contributed by atoms with Gasteiger partial charge >= 0.3 is 0 Å². The Hall–Kier alpha value is 0.350. The Morgan fingerprint density at radius 1 is 1.44 bits per heavy atom. The van der Waals surface area contributed by atoms with Crippen LogP contribution in [0.3, 0.4) is 0 Å². The lowest BCUT2D eigenvalue weighted by Crippen LogP contribution is -1.93. The van der Waals surface area contributed by atoms with Gasteiger partial charge in [-0.2, -0.15) is 0 Å². The molecular formula is C6H7Cl3.